The molecule has 0 N–H and O–H groups in total. The van der Waals surface area contributed by atoms with Gasteiger partial charge < -0.3 is 9.47 Å². The predicted molar refractivity (Wildman–Crippen MR) is 134 cm³/mol. The van der Waals surface area contributed by atoms with Gasteiger partial charge in [0.1, 0.15) is 12.4 Å². The Morgan fingerprint density at radius 2 is 1.68 bits per heavy atom. The quantitative estimate of drug-likeness (QED) is 0.208. The molecule has 4 rings (SSSR count). The van der Waals surface area contributed by atoms with Crippen LogP contribution in [0, 0.1) is 41.3 Å². The molecule has 4 heteroatoms. The van der Waals surface area contributed by atoms with Crippen LogP contribution in [0.3, 0.4) is 0 Å². The summed E-state index contributed by atoms with van der Waals surface area (Å²) >= 11 is 0. The highest BCUT2D eigenvalue weighted by molar-refractivity contribution is 5.75. The van der Waals surface area contributed by atoms with Crippen LogP contribution in [-0.2, 0) is 4.79 Å². The van der Waals surface area contributed by atoms with Crippen LogP contribution < -0.4 is 9.47 Å². The first-order valence-corrected chi connectivity index (χ1v) is 13.8. The average molecular weight is 471 g/mol. The van der Waals surface area contributed by atoms with Crippen LogP contribution >= 0.6 is 0 Å². The lowest BCUT2D eigenvalue weighted by Crippen LogP contribution is -2.35. The molecule has 0 spiro atoms. The summed E-state index contributed by atoms with van der Waals surface area (Å²) in [5.41, 5.74) is 0. The fourth-order valence-corrected chi connectivity index (χ4v) is 7.04. The van der Waals surface area contributed by atoms with Crippen molar-refractivity contribution in [1.82, 2.24) is 0 Å². The zero-order valence-corrected chi connectivity index (χ0v) is 21.0. The van der Waals surface area contributed by atoms with E-state index in [0.717, 1.165) is 55.3 Å². The molecule has 3 fully saturated rings. The molecular weight excluding hydrogens is 427 g/mol. The van der Waals surface area contributed by atoms with Gasteiger partial charge in [-0.05, 0) is 99.5 Å². The molecule has 0 radical (unpaired) electrons. The Labute approximate surface area is 205 Å². The molecule has 0 amide bonds. The highest BCUT2D eigenvalue weighted by Crippen LogP contribution is 2.49. The van der Waals surface area contributed by atoms with Gasteiger partial charge in [0.2, 0.25) is 0 Å². The first-order valence-electron chi connectivity index (χ1n) is 13.8. The molecule has 3 saturated carbocycles. The maximum Gasteiger partial charge on any atom is 0.314 e. The Kier molecular flexibility index (Phi) is 9.08. The van der Waals surface area contributed by atoms with E-state index < -0.39 is 5.82 Å². The number of halogens is 1. The third kappa shape index (κ3) is 6.43. The second-order valence-corrected chi connectivity index (χ2v) is 11.1. The summed E-state index contributed by atoms with van der Waals surface area (Å²) in [5.74, 6) is 4.12. The predicted octanol–water partition coefficient (Wildman–Crippen LogP) is 8.13. The lowest BCUT2D eigenvalue weighted by molar-refractivity contribution is -0.140. The molecule has 4 unspecified atom stereocenters. The van der Waals surface area contributed by atoms with Crippen molar-refractivity contribution in [2.75, 3.05) is 6.61 Å². The lowest BCUT2D eigenvalue weighted by atomic mass is 9.60. The Balaban J connectivity index is 1.21. The first kappa shape index (κ1) is 25.3. The van der Waals surface area contributed by atoms with Crippen molar-refractivity contribution in [2.45, 2.75) is 90.4 Å². The number of hydrogen-bond donors (Lipinski definition) is 0. The van der Waals surface area contributed by atoms with E-state index in [2.05, 4.69) is 13.5 Å². The van der Waals surface area contributed by atoms with Crippen molar-refractivity contribution in [3.05, 3.63) is 36.7 Å². The third-order valence-electron chi connectivity index (χ3n) is 8.98. The fourth-order valence-electron chi connectivity index (χ4n) is 7.04. The molecule has 0 heterocycles. The van der Waals surface area contributed by atoms with E-state index in [9.17, 15) is 9.18 Å². The summed E-state index contributed by atoms with van der Waals surface area (Å²) in [7, 11) is 0. The summed E-state index contributed by atoms with van der Waals surface area (Å²) in [5, 5.41) is 0. The highest BCUT2D eigenvalue weighted by atomic mass is 19.1. The van der Waals surface area contributed by atoms with Crippen molar-refractivity contribution in [3.8, 4) is 11.5 Å². The zero-order chi connectivity index (χ0) is 23.9. The van der Waals surface area contributed by atoms with Gasteiger partial charge >= 0.3 is 5.97 Å². The second-order valence-electron chi connectivity index (χ2n) is 11.1. The Bertz CT molecular complexity index is 813. The summed E-state index contributed by atoms with van der Waals surface area (Å²) in [6, 6.07) is 4.34. The molecule has 1 aromatic rings. The standard InChI is InChI=1S/C30H43FO3/c1-3-5-6-21-7-8-26-19-25(14-13-24(26)18-21)22-9-11-23(12-10-22)30(32)34-27-15-16-29(28(31)20-27)33-17-4-2/h4,15-16,20-26H,2-3,5-14,17-19H2,1H3. The third-order valence-corrected chi connectivity index (χ3v) is 8.98. The number of fused-ring (bicyclic) bond motifs is 1. The van der Waals surface area contributed by atoms with Gasteiger partial charge in [-0.2, -0.15) is 0 Å². The first-order chi connectivity index (χ1) is 16.6. The number of esters is 1. The van der Waals surface area contributed by atoms with Gasteiger partial charge in [-0.25, -0.2) is 4.39 Å². The molecule has 0 saturated heterocycles. The van der Waals surface area contributed by atoms with E-state index in [0.29, 0.717) is 0 Å². The van der Waals surface area contributed by atoms with Crippen LogP contribution in [0.1, 0.15) is 90.4 Å². The number of carbonyl (C=O) groups is 1. The normalized spacial score (nSPS) is 31.4. The summed E-state index contributed by atoms with van der Waals surface area (Å²) in [6.45, 7) is 6.11. The maximum atomic E-state index is 14.2. The Morgan fingerprint density at radius 3 is 2.38 bits per heavy atom. The molecule has 0 aliphatic heterocycles. The van der Waals surface area contributed by atoms with Gasteiger partial charge in [0.15, 0.2) is 11.6 Å². The second kappa shape index (κ2) is 12.2. The minimum absolute atomic E-state index is 0.0682. The van der Waals surface area contributed by atoms with Gasteiger partial charge in [-0.15, -0.1) is 0 Å². The lowest BCUT2D eigenvalue weighted by Gasteiger charge is -2.45. The Hall–Kier alpha value is -1.84. The Morgan fingerprint density at radius 1 is 1.00 bits per heavy atom. The number of rotatable bonds is 9. The molecular formula is C30H43FO3. The fraction of sp³-hybridized carbons (Fsp3) is 0.700. The van der Waals surface area contributed by atoms with Crippen LogP contribution in [0.5, 0.6) is 11.5 Å². The van der Waals surface area contributed by atoms with Gasteiger partial charge in [-0.1, -0.05) is 45.3 Å². The van der Waals surface area contributed by atoms with Gasteiger partial charge in [0, 0.05) is 6.07 Å². The number of unbranched alkanes of at least 4 members (excludes halogenated alkanes) is 1. The molecule has 0 aromatic heterocycles. The monoisotopic (exact) mass is 470 g/mol. The van der Waals surface area contributed by atoms with Gasteiger partial charge in [-0.3, -0.25) is 4.79 Å². The maximum absolute atomic E-state index is 14.2. The molecule has 1 aromatic carbocycles. The van der Waals surface area contributed by atoms with E-state index in [1.54, 1.807) is 12.1 Å². The topological polar surface area (TPSA) is 35.5 Å². The number of hydrogen-bond acceptors (Lipinski definition) is 3. The SMILES string of the molecule is C=CCOc1ccc(OC(=O)C2CCC(C3CCC4CC(CCCC)CCC4C3)CC2)cc1F. The van der Waals surface area contributed by atoms with E-state index in [1.165, 1.54) is 69.9 Å². The molecule has 3 aliphatic carbocycles. The average Bonchev–Trinajstić information content (AvgIpc) is 2.86. The summed E-state index contributed by atoms with van der Waals surface area (Å²) < 4.78 is 24.9. The van der Waals surface area contributed by atoms with Crippen molar-refractivity contribution in [2.24, 2.45) is 35.5 Å². The van der Waals surface area contributed by atoms with Crippen LogP contribution in [0.4, 0.5) is 4.39 Å². The number of benzene rings is 1. The van der Waals surface area contributed by atoms with Crippen molar-refractivity contribution in [1.29, 1.82) is 0 Å². The van der Waals surface area contributed by atoms with Crippen molar-refractivity contribution < 1.29 is 18.7 Å². The summed E-state index contributed by atoms with van der Waals surface area (Å²) in [6.07, 6.45) is 18.4. The van der Waals surface area contributed by atoms with Gasteiger partial charge in [0.05, 0.1) is 5.92 Å². The number of carbonyl (C=O) groups excluding carboxylic acids is 1. The zero-order valence-electron chi connectivity index (χ0n) is 21.0. The van der Waals surface area contributed by atoms with Crippen molar-refractivity contribution in [3.63, 3.8) is 0 Å². The van der Waals surface area contributed by atoms with Crippen LogP contribution in [0.15, 0.2) is 30.9 Å². The van der Waals surface area contributed by atoms with E-state index in [4.69, 9.17) is 9.47 Å². The molecule has 34 heavy (non-hydrogen) atoms. The molecule has 3 nitrogen and oxygen atoms in total. The van der Waals surface area contributed by atoms with Crippen LogP contribution in [-0.4, -0.2) is 12.6 Å². The van der Waals surface area contributed by atoms with E-state index in [-0.39, 0.29) is 30.0 Å². The molecule has 3 aliphatic rings. The van der Waals surface area contributed by atoms with E-state index >= 15 is 0 Å². The molecule has 188 valence electrons. The highest BCUT2D eigenvalue weighted by Gasteiger charge is 2.39. The molecule has 4 atom stereocenters. The van der Waals surface area contributed by atoms with Gasteiger partial charge in [0.25, 0.3) is 0 Å². The number of ether oxygens (including phenoxy) is 2. The van der Waals surface area contributed by atoms with Crippen LogP contribution in [0.25, 0.3) is 0 Å². The van der Waals surface area contributed by atoms with Crippen molar-refractivity contribution >= 4 is 5.97 Å². The van der Waals surface area contributed by atoms with Crippen LogP contribution in [0.2, 0.25) is 0 Å². The minimum Gasteiger partial charge on any atom is -0.486 e. The molecule has 0 bridgehead atoms. The van der Waals surface area contributed by atoms with E-state index in [1.807, 2.05) is 0 Å². The summed E-state index contributed by atoms with van der Waals surface area (Å²) in [4.78, 5) is 12.7. The smallest absolute Gasteiger partial charge is 0.314 e. The minimum atomic E-state index is -0.522. The largest absolute Gasteiger partial charge is 0.486 e.